The van der Waals surface area contributed by atoms with E-state index in [9.17, 15) is 9.50 Å². The fourth-order valence-corrected chi connectivity index (χ4v) is 2.74. The third-order valence-electron chi connectivity index (χ3n) is 4.18. The summed E-state index contributed by atoms with van der Waals surface area (Å²) in [6, 6.07) is 0. The van der Waals surface area contributed by atoms with Crippen molar-refractivity contribution < 1.29 is 14.3 Å². The molecule has 0 aromatic heterocycles. The Kier molecular flexibility index (Phi) is 6.01. The second kappa shape index (κ2) is 7.53. The number of hydroxylamine groups is 2. The van der Waals surface area contributed by atoms with E-state index in [4.69, 9.17) is 4.84 Å². The van der Waals surface area contributed by atoms with Crippen molar-refractivity contribution in [1.29, 1.82) is 0 Å². The van der Waals surface area contributed by atoms with Gasteiger partial charge in [-0.05, 0) is 31.6 Å². The number of halogens is 1. The number of nitrogens with zero attached hydrogens (tertiary/aromatic N) is 2. The van der Waals surface area contributed by atoms with Crippen LogP contribution in [0, 0.1) is 5.92 Å². The average Bonchev–Trinajstić information content (AvgIpc) is 2.41. The quantitative estimate of drug-likeness (QED) is 0.823. The van der Waals surface area contributed by atoms with Gasteiger partial charge in [-0.25, -0.2) is 4.39 Å². The van der Waals surface area contributed by atoms with Gasteiger partial charge in [0.2, 0.25) is 0 Å². The summed E-state index contributed by atoms with van der Waals surface area (Å²) >= 11 is 0. The smallest absolute Gasteiger partial charge is 0.103 e. The summed E-state index contributed by atoms with van der Waals surface area (Å²) in [5, 5.41) is 11.9. The van der Waals surface area contributed by atoms with Crippen molar-refractivity contribution in [3.8, 4) is 0 Å². The second-order valence-electron chi connectivity index (χ2n) is 6.04. The van der Waals surface area contributed by atoms with Crippen LogP contribution in [0.25, 0.3) is 0 Å². The Labute approximate surface area is 115 Å². The van der Waals surface area contributed by atoms with Crippen molar-refractivity contribution >= 4 is 0 Å². The van der Waals surface area contributed by atoms with E-state index in [1.54, 1.807) is 0 Å². The minimum atomic E-state index is -0.653. The van der Waals surface area contributed by atoms with Crippen LogP contribution in [-0.2, 0) is 4.84 Å². The molecule has 2 saturated heterocycles. The lowest BCUT2D eigenvalue weighted by molar-refractivity contribution is -0.192. The van der Waals surface area contributed by atoms with Gasteiger partial charge >= 0.3 is 0 Å². The van der Waals surface area contributed by atoms with Gasteiger partial charge in [0.15, 0.2) is 0 Å². The zero-order chi connectivity index (χ0) is 13.7. The molecule has 2 fully saturated rings. The number of β-amino-alcohol motifs (C(OH)–C–C–N with tert-alkyl or cyclic N) is 1. The highest BCUT2D eigenvalue weighted by Crippen LogP contribution is 2.16. The maximum Gasteiger partial charge on any atom is 0.103 e. The minimum absolute atomic E-state index is 0.351. The van der Waals surface area contributed by atoms with Gasteiger partial charge in [0.05, 0.1) is 12.7 Å². The van der Waals surface area contributed by atoms with Crippen LogP contribution in [0.15, 0.2) is 0 Å². The predicted molar refractivity (Wildman–Crippen MR) is 72.5 cm³/mol. The summed E-state index contributed by atoms with van der Waals surface area (Å²) in [5.74, 6) is 0.784. The summed E-state index contributed by atoms with van der Waals surface area (Å²) in [7, 11) is 0. The van der Waals surface area contributed by atoms with Crippen molar-refractivity contribution in [2.24, 2.45) is 5.92 Å². The maximum absolute atomic E-state index is 13.0. The lowest BCUT2D eigenvalue weighted by Crippen LogP contribution is -2.42. The summed E-state index contributed by atoms with van der Waals surface area (Å²) in [6.45, 7) is 6.63. The first-order valence-electron chi connectivity index (χ1n) is 7.56. The molecule has 19 heavy (non-hydrogen) atoms. The van der Waals surface area contributed by atoms with E-state index in [-0.39, 0.29) is 0 Å². The van der Waals surface area contributed by atoms with E-state index in [1.165, 1.54) is 12.8 Å². The summed E-state index contributed by atoms with van der Waals surface area (Å²) in [5.41, 5.74) is 0. The molecule has 0 bridgehead atoms. The Morgan fingerprint density at radius 3 is 2.42 bits per heavy atom. The van der Waals surface area contributed by atoms with Gasteiger partial charge in [-0.1, -0.05) is 6.92 Å². The predicted octanol–water partition coefficient (Wildman–Crippen LogP) is 1.44. The number of aliphatic hydroxyl groups is 1. The molecule has 2 heterocycles. The first-order valence-corrected chi connectivity index (χ1v) is 7.56. The topological polar surface area (TPSA) is 35.9 Å². The molecule has 0 radical (unpaired) electrons. The molecule has 0 spiro atoms. The first-order chi connectivity index (χ1) is 9.13. The first kappa shape index (κ1) is 15.2. The third kappa shape index (κ3) is 5.34. The normalized spacial score (nSPS) is 26.7. The molecule has 0 saturated carbocycles. The monoisotopic (exact) mass is 274 g/mol. The third-order valence-corrected chi connectivity index (χ3v) is 4.18. The summed E-state index contributed by atoms with van der Waals surface area (Å²) in [6.07, 6.45) is 2.39. The number of aliphatic hydroxyl groups excluding tert-OH is 1. The molecule has 1 unspecified atom stereocenters. The van der Waals surface area contributed by atoms with Crippen molar-refractivity contribution in [3.63, 3.8) is 0 Å². The van der Waals surface area contributed by atoms with E-state index in [0.717, 1.165) is 32.1 Å². The molecule has 0 aliphatic carbocycles. The van der Waals surface area contributed by atoms with Gasteiger partial charge in [0, 0.05) is 32.7 Å². The molecule has 5 heteroatoms. The zero-order valence-corrected chi connectivity index (χ0v) is 11.9. The average molecular weight is 274 g/mol. The molecule has 4 nitrogen and oxygen atoms in total. The Hall–Kier alpha value is -0.230. The highest BCUT2D eigenvalue weighted by Gasteiger charge is 2.21. The maximum atomic E-state index is 13.0. The lowest BCUT2D eigenvalue weighted by atomic mass is 10.0. The van der Waals surface area contributed by atoms with E-state index >= 15 is 0 Å². The molecule has 0 aromatic rings. The standard InChI is InChI=1S/C14H27FN2O2/c1-12-2-8-17(9-3-12)19-11-14(18)10-16-6-4-13(15)5-7-16/h12-14,18H,2-11H2,1H3. The van der Waals surface area contributed by atoms with Crippen LogP contribution < -0.4 is 0 Å². The highest BCUT2D eigenvalue weighted by atomic mass is 19.1. The Morgan fingerprint density at radius 1 is 1.16 bits per heavy atom. The largest absolute Gasteiger partial charge is 0.389 e. The van der Waals surface area contributed by atoms with Crippen molar-refractivity contribution in [2.45, 2.75) is 44.9 Å². The van der Waals surface area contributed by atoms with Crippen LogP contribution in [0.4, 0.5) is 4.39 Å². The molecule has 2 aliphatic rings. The molecular formula is C14H27FN2O2. The Bertz CT molecular complexity index is 252. The number of piperidine rings is 2. The molecular weight excluding hydrogens is 247 g/mol. The number of alkyl halides is 1. The van der Waals surface area contributed by atoms with Gasteiger partial charge in [0.1, 0.15) is 6.17 Å². The molecule has 0 aromatic carbocycles. The fraction of sp³-hybridized carbons (Fsp3) is 1.00. The number of hydrogen-bond acceptors (Lipinski definition) is 4. The summed E-state index contributed by atoms with van der Waals surface area (Å²) < 4.78 is 13.0. The molecule has 0 amide bonds. The molecule has 112 valence electrons. The van der Waals surface area contributed by atoms with Crippen LogP contribution in [-0.4, -0.2) is 66.7 Å². The van der Waals surface area contributed by atoms with Crippen molar-refractivity contribution in [3.05, 3.63) is 0 Å². The van der Waals surface area contributed by atoms with E-state index < -0.39 is 12.3 Å². The van der Waals surface area contributed by atoms with Crippen LogP contribution in [0.5, 0.6) is 0 Å². The molecule has 2 aliphatic heterocycles. The lowest BCUT2D eigenvalue weighted by Gasteiger charge is -2.32. The molecule has 1 N–H and O–H groups in total. The van der Waals surface area contributed by atoms with E-state index in [0.29, 0.717) is 26.0 Å². The minimum Gasteiger partial charge on any atom is -0.389 e. The van der Waals surface area contributed by atoms with Gasteiger partial charge in [0.25, 0.3) is 0 Å². The number of hydrogen-bond donors (Lipinski definition) is 1. The van der Waals surface area contributed by atoms with Gasteiger partial charge in [-0.2, -0.15) is 5.06 Å². The summed E-state index contributed by atoms with van der Waals surface area (Å²) in [4.78, 5) is 7.77. The molecule has 2 rings (SSSR count). The number of likely N-dealkylation sites (tertiary alicyclic amines) is 1. The number of rotatable bonds is 5. The van der Waals surface area contributed by atoms with E-state index in [1.807, 2.05) is 5.06 Å². The van der Waals surface area contributed by atoms with Crippen LogP contribution in [0.3, 0.4) is 0 Å². The van der Waals surface area contributed by atoms with Crippen LogP contribution in [0.2, 0.25) is 0 Å². The van der Waals surface area contributed by atoms with E-state index in [2.05, 4.69) is 11.8 Å². The Balaban J connectivity index is 1.58. The second-order valence-corrected chi connectivity index (χ2v) is 6.04. The van der Waals surface area contributed by atoms with Gasteiger partial charge in [-0.15, -0.1) is 0 Å². The van der Waals surface area contributed by atoms with Gasteiger partial charge in [-0.3, -0.25) is 4.84 Å². The van der Waals surface area contributed by atoms with Crippen molar-refractivity contribution in [1.82, 2.24) is 9.96 Å². The SMILES string of the molecule is CC1CCN(OCC(O)CN2CCC(F)CC2)CC1. The fourth-order valence-electron chi connectivity index (χ4n) is 2.74. The highest BCUT2D eigenvalue weighted by molar-refractivity contribution is 4.73. The zero-order valence-electron chi connectivity index (χ0n) is 11.9. The molecule has 1 atom stereocenters. The van der Waals surface area contributed by atoms with Gasteiger partial charge < -0.3 is 10.0 Å². The van der Waals surface area contributed by atoms with Crippen LogP contribution >= 0.6 is 0 Å². The van der Waals surface area contributed by atoms with Crippen molar-refractivity contribution in [2.75, 3.05) is 39.3 Å². The Morgan fingerprint density at radius 2 is 1.79 bits per heavy atom. The van der Waals surface area contributed by atoms with Crippen LogP contribution in [0.1, 0.15) is 32.6 Å².